The third kappa shape index (κ3) is 8.22. The number of benzene rings is 2. The van der Waals surface area contributed by atoms with Crippen LogP contribution < -0.4 is 5.32 Å². The zero-order valence-corrected chi connectivity index (χ0v) is 23.6. The molecule has 1 fully saturated rings. The van der Waals surface area contributed by atoms with E-state index in [0.717, 1.165) is 49.5 Å². The van der Waals surface area contributed by atoms with Crippen LogP contribution in [0.15, 0.2) is 54.6 Å². The standard InChI is InChI=1S/C26H29F2N5O2.3ClH/c1-18-17-24(25(33(34)35)19(2)30-18)29-11-12-31-13-15-32(16-14-31)26(20-3-7-22(27)8-4-20)21-5-9-23(28)10-6-21;;;/h3-10,17,26H,11-16H2,1-2H3,(H,29,30);3*1H. The first-order chi connectivity index (χ1) is 16.8. The second kappa shape index (κ2) is 15.1. The first-order valence-electron chi connectivity index (χ1n) is 11.7. The van der Waals surface area contributed by atoms with Gasteiger partial charge in [-0.1, -0.05) is 24.3 Å². The zero-order valence-electron chi connectivity index (χ0n) is 21.1. The third-order valence-corrected chi connectivity index (χ3v) is 6.36. The molecular formula is C26H32Cl3F2N5O2. The maximum Gasteiger partial charge on any atom is 0.313 e. The lowest BCUT2D eigenvalue weighted by Gasteiger charge is -2.39. The predicted octanol–water partition coefficient (Wildman–Crippen LogP) is 5.97. The van der Waals surface area contributed by atoms with E-state index in [-0.39, 0.29) is 60.6 Å². The summed E-state index contributed by atoms with van der Waals surface area (Å²) < 4.78 is 27.1. The molecule has 4 rings (SSSR count). The summed E-state index contributed by atoms with van der Waals surface area (Å²) in [6.45, 7) is 7.98. The Morgan fingerprint density at radius 1 is 0.921 bits per heavy atom. The van der Waals surface area contributed by atoms with E-state index in [4.69, 9.17) is 0 Å². The molecule has 0 amide bonds. The molecule has 1 N–H and O–H groups in total. The van der Waals surface area contributed by atoms with Crippen molar-refractivity contribution in [3.8, 4) is 0 Å². The number of nitrogens with zero attached hydrogens (tertiary/aromatic N) is 4. The molecule has 0 saturated carbocycles. The van der Waals surface area contributed by atoms with E-state index in [1.54, 1.807) is 37.3 Å². The summed E-state index contributed by atoms with van der Waals surface area (Å²) in [6.07, 6.45) is 0. The molecule has 0 spiro atoms. The van der Waals surface area contributed by atoms with E-state index in [1.807, 2.05) is 6.92 Å². The fraction of sp³-hybridized carbons (Fsp3) is 0.346. The van der Waals surface area contributed by atoms with Crippen LogP contribution in [-0.4, -0.2) is 59.0 Å². The zero-order chi connectivity index (χ0) is 24.9. The van der Waals surface area contributed by atoms with Crippen molar-refractivity contribution in [2.45, 2.75) is 19.9 Å². The smallest absolute Gasteiger partial charge is 0.313 e. The minimum Gasteiger partial charge on any atom is -0.378 e. The van der Waals surface area contributed by atoms with Gasteiger partial charge in [-0.15, -0.1) is 37.2 Å². The van der Waals surface area contributed by atoms with E-state index < -0.39 is 4.92 Å². The van der Waals surface area contributed by atoms with Crippen molar-refractivity contribution >= 4 is 48.6 Å². The highest BCUT2D eigenvalue weighted by molar-refractivity contribution is 5.86. The molecule has 0 unspecified atom stereocenters. The minimum atomic E-state index is -0.395. The van der Waals surface area contributed by atoms with Gasteiger partial charge in [0.15, 0.2) is 0 Å². The second-order valence-corrected chi connectivity index (χ2v) is 8.81. The number of piperazine rings is 1. The highest BCUT2D eigenvalue weighted by Gasteiger charge is 2.27. The number of hydrogen-bond donors (Lipinski definition) is 1. The predicted molar refractivity (Wildman–Crippen MR) is 153 cm³/mol. The van der Waals surface area contributed by atoms with Crippen molar-refractivity contribution in [1.29, 1.82) is 0 Å². The molecule has 0 atom stereocenters. The Labute approximate surface area is 240 Å². The molecule has 0 bridgehead atoms. The normalized spacial score (nSPS) is 13.7. The molecule has 38 heavy (non-hydrogen) atoms. The monoisotopic (exact) mass is 589 g/mol. The molecule has 2 aromatic carbocycles. The van der Waals surface area contributed by atoms with E-state index in [1.165, 1.54) is 24.3 Å². The SMILES string of the molecule is Cc1cc(NCCN2CCN(C(c3ccc(F)cc3)c3ccc(F)cc3)CC2)c([N+](=O)[O-])c(C)n1.Cl.Cl.Cl. The lowest BCUT2D eigenvalue weighted by Crippen LogP contribution is -2.48. The Balaban J connectivity index is 0.00000241. The van der Waals surface area contributed by atoms with E-state index in [0.29, 0.717) is 17.9 Å². The van der Waals surface area contributed by atoms with Crippen LogP contribution in [0.2, 0.25) is 0 Å². The van der Waals surface area contributed by atoms with Crippen LogP contribution in [0.25, 0.3) is 0 Å². The number of aromatic nitrogens is 1. The van der Waals surface area contributed by atoms with Crippen LogP contribution in [0.3, 0.4) is 0 Å². The van der Waals surface area contributed by atoms with Gasteiger partial charge >= 0.3 is 5.69 Å². The number of pyridine rings is 1. The molecule has 1 aromatic heterocycles. The number of aryl methyl sites for hydroxylation is 2. The Morgan fingerprint density at radius 3 is 1.89 bits per heavy atom. The number of nitro groups is 1. The highest BCUT2D eigenvalue weighted by Crippen LogP contribution is 2.30. The van der Waals surface area contributed by atoms with Gasteiger partial charge in [0.2, 0.25) is 0 Å². The molecule has 1 aliphatic rings. The van der Waals surface area contributed by atoms with Crippen LogP contribution in [0.1, 0.15) is 28.6 Å². The summed E-state index contributed by atoms with van der Waals surface area (Å²) in [5.41, 5.74) is 3.57. The lowest BCUT2D eigenvalue weighted by atomic mass is 9.96. The van der Waals surface area contributed by atoms with Crippen LogP contribution in [0.5, 0.6) is 0 Å². The second-order valence-electron chi connectivity index (χ2n) is 8.81. The Morgan fingerprint density at radius 2 is 1.42 bits per heavy atom. The fourth-order valence-electron chi connectivity index (χ4n) is 4.69. The minimum absolute atomic E-state index is 0. The first kappa shape index (κ1) is 33.5. The average molecular weight is 591 g/mol. The third-order valence-electron chi connectivity index (χ3n) is 6.36. The quantitative estimate of drug-likeness (QED) is 0.257. The van der Waals surface area contributed by atoms with Crippen molar-refractivity contribution in [1.82, 2.24) is 14.8 Å². The largest absolute Gasteiger partial charge is 0.378 e. The van der Waals surface area contributed by atoms with Crippen molar-refractivity contribution < 1.29 is 13.7 Å². The maximum absolute atomic E-state index is 13.5. The van der Waals surface area contributed by atoms with Crippen molar-refractivity contribution in [2.24, 2.45) is 0 Å². The van der Waals surface area contributed by atoms with Gasteiger partial charge < -0.3 is 5.32 Å². The van der Waals surface area contributed by atoms with Gasteiger partial charge in [-0.25, -0.2) is 8.78 Å². The van der Waals surface area contributed by atoms with Crippen molar-refractivity contribution in [2.75, 3.05) is 44.6 Å². The number of nitrogens with one attached hydrogen (secondary N) is 1. The van der Waals surface area contributed by atoms with Crippen molar-refractivity contribution in [3.63, 3.8) is 0 Å². The summed E-state index contributed by atoms with van der Waals surface area (Å²) in [5, 5.41) is 14.7. The molecule has 7 nitrogen and oxygen atoms in total. The van der Waals surface area contributed by atoms with Gasteiger partial charge in [0.25, 0.3) is 0 Å². The molecule has 208 valence electrons. The van der Waals surface area contributed by atoms with E-state index >= 15 is 0 Å². The molecule has 1 saturated heterocycles. The lowest BCUT2D eigenvalue weighted by molar-refractivity contribution is -0.384. The number of halogens is 5. The van der Waals surface area contributed by atoms with E-state index in [2.05, 4.69) is 20.1 Å². The van der Waals surface area contributed by atoms with Crippen LogP contribution >= 0.6 is 37.2 Å². The molecule has 1 aliphatic heterocycles. The van der Waals surface area contributed by atoms with Gasteiger partial charge in [-0.05, 0) is 55.3 Å². The molecule has 3 aromatic rings. The molecule has 0 radical (unpaired) electrons. The molecular weight excluding hydrogens is 559 g/mol. The van der Waals surface area contributed by atoms with Gasteiger partial charge in [-0.3, -0.25) is 24.9 Å². The Kier molecular flexibility index (Phi) is 13.3. The highest BCUT2D eigenvalue weighted by atomic mass is 35.5. The number of rotatable bonds is 8. The van der Waals surface area contributed by atoms with Crippen LogP contribution in [0.4, 0.5) is 20.2 Å². The van der Waals surface area contributed by atoms with E-state index in [9.17, 15) is 18.9 Å². The Bertz CT molecular complexity index is 1130. The molecule has 0 aliphatic carbocycles. The number of anilines is 1. The molecule has 12 heteroatoms. The van der Waals surface area contributed by atoms with Gasteiger partial charge in [0.1, 0.15) is 23.0 Å². The molecule has 2 heterocycles. The van der Waals surface area contributed by atoms with Crippen molar-refractivity contribution in [3.05, 3.63) is 98.9 Å². The van der Waals surface area contributed by atoms with Gasteiger partial charge in [-0.2, -0.15) is 0 Å². The summed E-state index contributed by atoms with van der Waals surface area (Å²) in [7, 11) is 0. The topological polar surface area (TPSA) is 74.5 Å². The fourth-order valence-corrected chi connectivity index (χ4v) is 4.69. The Hall–Kier alpha value is -2.56. The first-order valence-corrected chi connectivity index (χ1v) is 11.7. The summed E-state index contributed by atoms with van der Waals surface area (Å²) in [5.74, 6) is -0.576. The van der Waals surface area contributed by atoms with Gasteiger partial charge in [0, 0.05) is 45.0 Å². The number of hydrogen-bond acceptors (Lipinski definition) is 6. The summed E-state index contributed by atoms with van der Waals surface area (Å²) >= 11 is 0. The van der Waals surface area contributed by atoms with Crippen LogP contribution in [0, 0.1) is 35.6 Å². The summed E-state index contributed by atoms with van der Waals surface area (Å²) in [4.78, 5) is 19.9. The average Bonchev–Trinajstić information content (AvgIpc) is 2.82. The van der Waals surface area contributed by atoms with Crippen LogP contribution in [-0.2, 0) is 0 Å². The van der Waals surface area contributed by atoms with Gasteiger partial charge in [0.05, 0.1) is 11.0 Å². The maximum atomic E-state index is 13.5. The summed E-state index contributed by atoms with van der Waals surface area (Å²) in [6, 6.07) is 14.6.